The van der Waals surface area contributed by atoms with Gasteiger partial charge in [0, 0.05) is 54.7 Å². The first-order chi connectivity index (χ1) is 16.9. The van der Waals surface area contributed by atoms with Gasteiger partial charge in [-0.05, 0) is 74.5 Å². The molecule has 1 aliphatic rings. The minimum Gasteiger partial charge on any atom is -0.456 e. The van der Waals surface area contributed by atoms with Gasteiger partial charge < -0.3 is 19.5 Å². The van der Waals surface area contributed by atoms with Crippen LogP contribution < -0.4 is 15.6 Å². The molecule has 0 bridgehead atoms. The number of benzene rings is 3. The molecule has 1 aliphatic heterocycles. The fourth-order valence-corrected chi connectivity index (χ4v) is 4.56. The van der Waals surface area contributed by atoms with Crippen molar-refractivity contribution in [1.82, 2.24) is 4.90 Å². The molecule has 1 fully saturated rings. The van der Waals surface area contributed by atoms with E-state index in [0.29, 0.717) is 22.3 Å². The van der Waals surface area contributed by atoms with Crippen LogP contribution in [0, 0.1) is 13.8 Å². The number of anilines is 2. The summed E-state index contributed by atoms with van der Waals surface area (Å²) < 4.78 is 6.07. The predicted octanol–water partition coefficient (Wildman–Crippen LogP) is 5.08. The van der Waals surface area contributed by atoms with Crippen LogP contribution in [0.15, 0.2) is 75.9 Å². The average molecular weight is 468 g/mol. The SMILES string of the molecule is Cc1cc(C)c2oc(-c3ccc(C(=O)Nc4ccc(N5CCN(C)CC5)cc4)cc3)cc(=O)c2c1. The standard InChI is InChI=1S/C29H29N3O3/c1-19-16-20(2)28-25(17-19)26(33)18-27(35-28)21-4-6-22(7-5-21)29(34)30-23-8-10-24(11-9-23)32-14-12-31(3)13-15-32/h4-11,16-18H,12-15H2,1-3H3,(H,30,34). The number of carbonyl (C=O) groups excluding carboxylic acids is 1. The molecule has 1 aromatic heterocycles. The maximum atomic E-state index is 12.8. The molecule has 0 atom stereocenters. The molecule has 0 radical (unpaired) electrons. The molecule has 0 spiro atoms. The van der Waals surface area contributed by atoms with E-state index in [1.165, 1.54) is 11.8 Å². The molecule has 2 heterocycles. The van der Waals surface area contributed by atoms with E-state index < -0.39 is 0 Å². The van der Waals surface area contributed by atoms with Gasteiger partial charge in [0.15, 0.2) is 5.43 Å². The lowest BCUT2D eigenvalue weighted by atomic mass is 10.1. The highest BCUT2D eigenvalue weighted by atomic mass is 16.3. The zero-order chi connectivity index (χ0) is 24.5. The summed E-state index contributed by atoms with van der Waals surface area (Å²) in [5, 5.41) is 3.55. The molecule has 1 N–H and O–H groups in total. The quantitative estimate of drug-likeness (QED) is 0.453. The second-order valence-electron chi connectivity index (χ2n) is 9.30. The van der Waals surface area contributed by atoms with Gasteiger partial charge in [0.1, 0.15) is 11.3 Å². The van der Waals surface area contributed by atoms with E-state index in [2.05, 4.69) is 34.3 Å². The van der Waals surface area contributed by atoms with Crippen LogP contribution in [-0.2, 0) is 0 Å². The summed E-state index contributed by atoms with van der Waals surface area (Å²) in [6, 6.07) is 20.4. The molecule has 0 aliphatic carbocycles. The normalized spacial score (nSPS) is 14.3. The van der Waals surface area contributed by atoms with Gasteiger partial charge in [-0.2, -0.15) is 0 Å². The second-order valence-corrected chi connectivity index (χ2v) is 9.30. The summed E-state index contributed by atoms with van der Waals surface area (Å²) >= 11 is 0. The van der Waals surface area contributed by atoms with Gasteiger partial charge in [-0.3, -0.25) is 9.59 Å². The minimum absolute atomic E-state index is 0.0742. The van der Waals surface area contributed by atoms with Crippen LogP contribution in [0.2, 0.25) is 0 Å². The summed E-state index contributed by atoms with van der Waals surface area (Å²) in [4.78, 5) is 30.1. The first kappa shape index (κ1) is 22.9. The fourth-order valence-electron chi connectivity index (χ4n) is 4.56. The molecule has 35 heavy (non-hydrogen) atoms. The molecule has 1 saturated heterocycles. The lowest BCUT2D eigenvalue weighted by molar-refractivity contribution is 0.102. The van der Waals surface area contributed by atoms with Gasteiger partial charge in [0.05, 0.1) is 5.39 Å². The highest BCUT2D eigenvalue weighted by Crippen LogP contribution is 2.26. The largest absolute Gasteiger partial charge is 0.456 e. The Hall–Kier alpha value is -3.90. The summed E-state index contributed by atoms with van der Waals surface area (Å²) in [7, 11) is 2.14. The van der Waals surface area contributed by atoms with E-state index in [-0.39, 0.29) is 11.3 Å². The molecule has 0 unspecified atom stereocenters. The Labute approximate surface area is 204 Å². The highest BCUT2D eigenvalue weighted by Gasteiger charge is 2.15. The third-order valence-corrected chi connectivity index (χ3v) is 6.58. The molecule has 1 amide bonds. The van der Waals surface area contributed by atoms with Crippen molar-refractivity contribution < 1.29 is 9.21 Å². The van der Waals surface area contributed by atoms with Gasteiger partial charge in [-0.15, -0.1) is 0 Å². The number of nitrogens with zero attached hydrogens (tertiary/aromatic N) is 2. The third kappa shape index (κ3) is 4.84. The van der Waals surface area contributed by atoms with Crippen LogP contribution in [0.4, 0.5) is 11.4 Å². The number of rotatable bonds is 4. The van der Waals surface area contributed by atoms with E-state index in [1.807, 2.05) is 38.1 Å². The third-order valence-electron chi connectivity index (χ3n) is 6.58. The number of hydrogen-bond donors (Lipinski definition) is 1. The molecule has 0 saturated carbocycles. The Morgan fingerprint density at radius 3 is 2.26 bits per heavy atom. The lowest BCUT2D eigenvalue weighted by Gasteiger charge is -2.34. The monoisotopic (exact) mass is 467 g/mol. The Morgan fingerprint density at radius 2 is 1.57 bits per heavy atom. The molecule has 6 nitrogen and oxygen atoms in total. The number of likely N-dealkylation sites (N-methyl/N-ethyl adjacent to an activating group) is 1. The minimum atomic E-state index is -0.185. The molecule has 6 heteroatoms. The van der Waals surface area contributed by atoms with E-state index in [0.717, 1.165) is 48.6 Å². The van der Waals surface area contributed by atoms with Crippen LogP contribution in [0.1, 0.15) is 21.5 Å². The molecule has 4 aromatic rings. The first-order valence-corrected chi connectivity index (χ1v) is 11.9. The van der Waals surface area contributed by atoms with Gasteiger partial charge in [-0.1, -0.05) is 18.2 Å². The van der Waals surface area contributed by atoms with Crippen LogP contribution in [-0.4, -0.2) is 44.0 Å². The van der Waals surface area contributed by atoms with Crippen LogP contribution in [0.3, 0.4) is 0 Å². The maximum Gasteiger partial charge on any atom is 0.255 e. The smallest absolute Gasteiger partial charge is 0.255 e. The van der Waals surface area contributed by atoms with Crippen molar-refractivity contribution in [3.63, 3.8) is 0 Å². The van der Waals surface area contributed by atoms with Crippen LogP contribution in [0.5, 0.6) is 0 Å². The van der Waals surface area contributed by atoms with Crippen molar-refractivity contribution in [2.75, 3.05) is 43.4 Å². The van der Waals surface area contributed by atoms with Gasteiger partial charge in [0.2, 0.25) is 0 Å². The zero-order valence-corrected chi connectivity index (χ0v) is 20.3. The Morgan fingerprint density at radius 1 is 0.886 bits per heavy atom. The maximum absolute atomic E-state index is 12.8. The number of nitrogens with one attached hydrogen (secondary N) is 1. The summed E-state index contributed by atoms with van der Waals surface area (Å²) in [6.07, 6.45) is 0. The van der Waals surface area contributed by atoms with Crippen LogP contribution >= 0.6 is 0 Å². The molecular weight excluding hydrogens is 438 g/mol. The summed E-state index contributed by atoms with van der Waals surface area (Å²) in [6.45, 7) is 8.02. The molecular formula is C29H29N3O3. The van der Waals surface area contributed by atoms with E-state index in [9.17, 15) is 9.59 Å². The second kappa shape index (κ2) is 9.39. The summed E-state index contributed by atoms with van der Waals surface area (Å²) in [5.74, 6) is 0.302. The number of piperazine rings is 1. The van der Waals surface area contributed by atoms with Crippen molar-refractivity contribution in [2.45, 2.75) is 13.8 Å². The lowest BCUT2D eigenvalue weighted by Crippen LogP contribution is -2.44. The summed E-state index contributed by atoms with van der Waals surface area (Å²) in [5.41, 5.74) is 5.68. The van der Waals surface area contributed by atoms with Crippen LogP contribution in [0.25, 0.3) is 22.3 Å². The molecule has 5 rings (SSSR count). The Kier molecular flexibility index (Phi) is 6.14. The van der Waals surface area contributed by atoms with Gasteiger partial charge in [0.25, 0.3) is 5.91 Å². The predicted molar refractivity (Wildman–Crippen MR) is 141 cm³/mol. The Balaban J connectivity index is 1.30. The van der Waals surface area contributed by atoms with Crippen molar-refractivity contribution in [2.24, 2.45) is 0 Å². The molecule has 178 valence electrons. The fraction of sp³-hybridized carbons (Fsp3) is 0.241. The Bertz CT molecular complexity index is 1430. The van der Waals surface area contributed by atoms with Crippen molar-refractivity contribution in [3.8, 4) is 11.3 Å². The number of fused-ring (bicyclic) bond motifs is 1. The van der Waals surface area contributed by atoms with Gasteiger partial charge >= 0.3 is 0 Å². The first-order valence-electron chi connectivity index (χ1n) is 11.9. The number of hydrogen-bond acceptors (Lipinski definition) is 5. The van der Waals surface area contributed by atoms with Crippen molar-refractivity contribution >= 4 is 28.3 Å². The number of carbonyl (C=O) groups is 1. The van der Waals surface area contributed by atoms with E-state index in [4.69, 9.17) is 4.42 Å². The molecule has 3 aromatic carbocycles. The van der Waals surface area contributed by atoms with Crippen molar-refractivity contribution in [3.05, 3.63) is 93.6 Å². The topological polar surface area (TPSA) is 65.8 Å². The van der Waals surface area contributed by atoms with E-state index >= 15 is 0 Å². The van der Waals surface area contributed by atoms with Crippen molar-refractivity contribution in [1.29, 1.82) is 0 Å². The number of aryl methyl sites for hydroxylation is 2. The highest BCUT2D eigenvalue weighted by molar-refractivity contribution is 6.04. The zero-order valence-electron chi connectivity index (χ0n) is 20.3. The van der Waals surface area contributed by atoms with E-state index in [1.54, 1.807) is 24.3 Å². The average Bonchev–Trinajstić information content (AvgIpc) is 2.86. The number of amides is 1. The van der Waals surface area contributed by atoms with Gasteiger partial charge in [-0.25, -0.2) is 0 Å².